The smallest absolute Gasteiger partial charge is 0.176 e. The van der Waals surface area contributed by atoms with Crippen LogP contribution in [0.15, 0.2) is 34.1 Å². The number of benzene rings is 1. The fraction of sp³-hybridized carbons (Fsp3) is 0.273. The zero-order valence-electron chi connectivity index (χ0n) is 9.30. The van der Waals surface area contributed by atoms with Gasteiger partial charge in [-0.1, -0.05) is 18.2 Å². The summed E-state index contributed by atoms with van der Waals surface area (Å²) in [7, 11) is -3.18. The maximum atomic E-state index is 11.6. The third-order valence-corrected chi connectivity index (χ3v) is 4.10. The van der Waals surface area contributed by atoms with Crippen LogP contribution in [0.3, 0.4) is 0 Å². The second-order valence-corrected chi connectivity index (χ2v) is 6.15. The minimum atomic E-state index is -3.18. The van der Waals surface area contributed by atoms with Crippen molar-refractivity contribution < 1.29 is 8.42 Å². The van der Waals surface area contributed by atoms with Gasteiger partial charge in [0.1, 0.15) is 0 Å². The molecule has 0 spiro atoms. The van der Waals surface area contributed by atoms with Crippen molar-refractivity contribution in [1.82, 2.24) is 0 Å². The molecular weight excluding hydrogens is 242 g/mol. The molecule has 2 N–H and O–H groups in total. The predicted octanol–water partition coefficient (Wildman–Crippen LogP) is 1.78. The third-order valence-electron chi connectivity index (χ3n) is 2.03. The molecule has 16 heavy (non-hydrogen) atoms. The van der Waals surface area contributed by atoms with E-state index >= 15 is 0 Å². The molecule has 0 unspecified atom stereocenters. The summed E-state index contributed by atoms with van der Waals surface area (Å²) in [5, 5.41) is 0. The van der Waals surface area contributed by atoms with Crippen molar-refractivity contribution >= 4 is 27.7 Å². The molecule has 0 atom stereocenters. The predicted molar refractivity (Wildman–Crippen MR) is 69.4 cm³/mol. The van der Waals surface area contributed by atoms with Crippen LogP contribution in [0.2, 0.25) is 0 Å². The zero-order valence-corrected chi connectivity index (χ0v) is 10.9. The van der Waals surface area contributed by atoms with Gasteiger partial charge in [-0.3, -0.25) is 0 Å². The zero-order chi connectivity index (χ0) is 12.2. The maximum absolute atomic E-state index is 11.6. The fourth-order valence-electron chi connectivity index (χ4n) is 1.29. The quantitative estimate of drug-likeness (QED) is 0.835. The minimum Gasteiger partial charge on any atom is -0.327 e. The van der Waals surface area contributed by atoms with Crippen LogP contribution in [0.5, 0.6) is 0 Å². The topological polar surface area (TPSA) is 60.2 Å². The van der Waals surface area contributed by atoms with Crippen molar-refractivity contribution in [2.24, 2.45) is 5.73 Å². The molecule has 5 heteroatoms. The normalized spacial score (nSPS) is 12.2. The second-order valence-electron chi connectivity index (χ2n) is 3.32. The van der Waals surface area contributed by atoms with Gasteiger partial charge in [-0.05, 0) is 24.0 Å². The fourth-order valence-corrected chi connectivity index (χ4v) is 3.24. The molecule has 1 aromatic rings. The molecule has 0 fully saturated rings. The number of hydrogen-bond acceptors (Lipinski definition) is 4. The Hall–Kier alpha value is -0.780. The van der Waals surface area contributed by atoms with E-state index in [9.17, 15) is 8.42 Å². The number of nitrogens with two attached hydrogens (primary N) is 1. The Morgan fingerprint density at radius 1 is 1.44 bits per heavy atom. The van der Waals surface area contributed by atoms with E-state index < -0.39 is 9.84 Å². The largest absolute Gasteiger partial charge is 0.327 e. The lowest BCUT2D eigenvalue weighted by Crippen LogP contribution is -1.99. The van der Waals surface area contributed by atoms with Gasteiger partial charge in [0.15, 0.2) is 9.84 Å². The van der Waals surface area contributed by atoms with E-state index in [1.807, 2.05) is 24.5 Å². The van der Waals surface area contributed by atoms with Gasteiger partial charge in [-0.15, -0.1) is 11.8 Å². The first-order valence-corrected chi connectivity index (χ1v) is 7.85. The Kier molecular flexibility index (Phi) is 4.58. The Labute approximate surface area is 101 Å². The lowest BCUT2D eigenvalue weighted by molar-refractivity contribution is 0.600. The highest BCUT2D eigenvalue weighted by atomic mass is 32.2. The molecule has 0 amide bonds. The van der Waals surface area contributed by atoms with Gasteiger partial charge in [-0.2, -0.15) is 0 Å². The first kappa shape index (κ1) is 13.3. The van der Waals surface area contributed by atoms with E-state index in [4.69, 9.17) is 5.73 Å². The van der Waals surface area contributed by atoms with E-state index in [-0.39, 0.29) is 0 Å². The van der Waals surface area contributed by atoms with Crippen molar-refractivity contribution in [1.29, 1.82) is 0 Å². The monoisotopic (exact) mass is 257 g/mol. The summed E-state index contributed by atoms with van der Waals surface area (Å²) in [6, 6.07) is 5.37. The number of rotatable bonds is 4. The molecule has 0 aliphatic carbocycles. The molecule has 0 saturated heterocycles. The summed E-state index contributed by atoms with van der Waals surface area (Å²) < 4.78 is 23.2. The van der Waals surface area contributed by atoms with Gasteiger partial charge >= 0.3 is 0 Å². The van der Waals surface area contributed by atoms with Gasteiger partial charge in [0.05, 0.1) is 4.90 Å². The van der Waals surface area contributed by atoms with Crippen LogP contribution in [0.1, 0.15) is 5.56 Å². The van der Waals surface area contributed by atoms with Crippen molar-refractivity contribution in [3.8, 4) is 0 Å². The van der Waals surface area contributed by atoms with Gasteiger partial charge in [-0.25, -0.2) is 8.42 Å². The first-order valence-electron chi connectivity index (χ1n) is 4.73. The summed E-state index contributed by atoms with van der Waals surface area (Å²) in [6.45, 7) is 0.443. The van der Waals surface area contributed by atoms with Gasteiger partial charge in [0, 0.05) is 17.7 Å². The van der Waals surface area contributed by atoms with Gasteiger partial charge in [0.2, 0.25) is 0 Å². The summed E-state index contributed by atoms with van der Waals surface area (Å²) in [6.07, 6.45) is 6.69. The lowest BCUT2D eigenvalue weighted by Gasteiger charge is -2.06. The summed E-state index contributed by atoms with van der Waals surface area (Å²) >= 11 is 1.43. The molecule has 0 bridgehead atoms. The third kappa shape index (κ3) is 3.37. The highest BCUT2D eigenvalue weighted by Crippen LogP contribution is 2.26. The first-order chi connectivity index (χ1) is 7.49. The number of sulfone groups is 1. The maximum Gasteiger partial charge on any atom is 0.176 e. The van der Waals surface area contributed by atoms with Gasteiger partial charge < -0.3 is 5.73 Å². The molecular formula is C11H15NO2S2. The minimum absolute atomic E-state index is 0.374. The molecule has 0 aliphatic rings. The van der Waals surface area contributed by atoms with E-state index in [0.29, 0.717) is 11.4 Å². The lowest BCUT2D eigenvalue weighted by atomic mass is 10.2. The van der Waals surface area contributed by atoms with Crippen molar-refractivity contribution in [3.63, 3.8) is 0 Å². The van der Waals surface area contributed by atoms with Crippen LogP contribution in [-0.4, -0.2) is 27.5 Å². The van der Waals surface area contributed by atoms with Crippen molar-refractivity contribution in [3.05, 3.63) is 29.8 Å². The van der Waals surface area contributed by atoms with E-state index in [2.05, 4.69) is 0 Å². The van der Waals surface area contributed by atoms with Crippen LogP contribution >= 0.6 is 11.8 Å². The number of thioether (sulfide) groups is 1. The van der Waals surface area contributed by atoms with Crippen molar-refractivity contribution in [2.45, 2.75) is 9.79 Å². The summed E-state index contributed by atoms with van der Waals surface area (Å²) in [4.78, 5) is 1.14. The molecule has 3 nitrogen and oxygen atoms in total. The van der Waals surface area contributed by atoms with Crippen LogP contribution in [-0.2, 0) is 9.84 Å². The Morgan fingerprint density at radius 3 is 2.62 bits per heavy atom. The highest BCUT2D eigenvalue weighted by Gasteiger charge is 2.12. The molecule has 0 aromatic heterocycles. The molecule has 88 valence electrons. The van der Waals surface area contributed by atoms with Crippen LogP contribution < -0.4 is 5.73 Å². The van der Waals surface area contributed by atoms with Crippen LogP contribution in [0.4, 0.5) is 0 Å². The standard InChI is InChI=1S/C11H15NO2S2/c1-15-10-6-5-9(4-3-7-12)8-11(10)16(2,13)14/h3-6,8H,7,12H2,1-2H3/b4-3+. The Morgan fingerprint density at radius 2 is 2.12 bits per heavy atom. The van der Waals surface area contributed by atoms with E-state index in [0.717, 1.165) is 10.5 Å². The number of hydrogen-bond donors (Lipinski definition) is 1. The van der Waals surface area contributed by atoms with E-state index in [1.54, 1.807) is 12.1 Å². The van der Waals surface area contributed by atoms with Crippen molar-refractivity contribution in [2.75, 3.05) is 19.1 Å². The Bertz CT molecular complexity index is 493. The van der Waals surface area contributed by atoms with Crippen LogP contribution in [0.25, 0.3) is 6.08 Å². The van der Waals surface area contributed by atoms with Gasteiger partial charge in [0.25, 0.3) is 0 Å². The molecule has 1 rings (SSSR count). The molecule has 0 saturated carbocycles. The molecule has 0 heterocycles. The Balaban J connectivity index is 3.28. The summed E-state index contributed by atoms with van der Waals surface area (Å²) in [5.74, 6) is 0. The highest BCUT2D eigenvalue weighted by molar-refractivity contribution is 7.99. The average molecular weight is 257 g/mol. The molecule has 1 aromatic carbocycles. The van der Waals surface area contributed by atoms with E-state index in [1.165, 1.54) is 18.0 Å². The van der Waals surface area contributed by atoms with Crippen LogP contribution in [0, 0.1) is 0 Å². The summed E-state index contributed by atoms with van der Waals surface area (Å²) in [5.41, 5.74) is 6.20. The average Bonchev–Trinajstić information content (AvgIpc) is 2.24. The molecule has 0 aliphatic heterocycles. The SMILES string of the molecule is CSc1ccc(/C=C/CN)cc1S(C)(=O)=O. The second kappa shape index (κ2) is 5.52. The molecule has 0 radical (unpaired) electrons.